The van der Waals surface area contributed by atoms with E-state index in [0.29, 0.717) is 6.54 Å². The van der Waals surface area contributed by atoms with Gasteiger partial charge in [-0.15, -0.1) is 0 Å². The predicted octanol–water partition coefficient (Wildman–Crippen LogP) is 0.642. The van der Waals surface area contributed by atoms with Crippen LogP contribution in [0.2, 0.25) is 0 Å². The van der Waals surface area contributed by atoms with E-state index in [-0.39, 0.29) is 5.75 Å². The molecule has 0 fully saturated rings. The Morgan fingerprint density at radius 1 is 1.42 bits per heavy atom. The Bertz CT molecular complexity index is 652. The molecule has 0 saturated heterocycles. The van der Waals surface area contributed by atoms with Crippen molar-refractivity contribution < 1.29 is 8.42 Å². The van der Waals surface area contributed by atoms with E-state index in [0.717, 1.165) is 21.2 Å². The number of fused-ring (bicyclic) bond motifs is 1. The van der Waals surface area contributed by atoms with Crippen LogP contribution in [0.15, 0.2) is 0 Å². The number of sulfonamides is 1. The van der Waals surface area contributed by atoms with Crippen LogP contribution in [0, 0.1) is 6.92 Å². The molecule has 2 aromatic rings. The summed E-state index contributed by atoms with van der Waals surface area (Å²) in [6.45, 7) is 2.27. The van der Waals surface area contributed by atoms with Crippen LogP contribution < -0.4 is 5.32 Å². The molecule has 106 valence electrons. The second-order valence-corrected chi connectivity index (χ2v) is 7.71. The molecular formula is C10H17N5O2S2. The van der Waals surface area contributed by atoms with Crippen molar-refractivity contribution in [1.82, 2.24) is 19.1 Å². The van der Waals surface area contributed by atoms with Crippen molar-refractivity contribution in [3.63, 3.8) is 0 Å². The van der Waals surface area contributed by atoms with Crippen molar-refractivity contribution in [3.8, 4) is 0 Å². The predicted molar refractivity (Wildman–Crippen MR) is 77.1 cm³/mol. The average molecular weight is 303 g/mol. The molecule has 2 heterocycles. The van der Waals surface area contributed by atoms with Gasteiger partial charge in [0.2, 0.25) is 10.0 Å². The van der Waals surface area contributed by atoms with Gasteiger partial charge in [-0.05, 0) is 6.92 Å². The number of nitrogens with zero attached hydrogens (tertiary/aromatic N) is 4. The lowest BCUT2D eigenvalue weighted by Crippen LogP contribution is -2.28. The Hall–Kier alpha value is -1.19. The number of rotatable bonds is 5. The molecular weight excluding hydrogens is 286 g/mol. The Morgan fingerprint density at radius 3 is 2.68 bits per heavy atom. The molecule has 2 rings (SSSR count). The summed E-state index contributed by atoms with van der Waals surface area (Å²) >= 11 is 1.49. The van der Waals surface area contributed by atoms with Crippen LogP contribution in [0.5, 0.6) is 0 Å². The maximum Gasteiger partial charge on any atom is 0.215 e. The molecule has 0 bridgehead atoms. The van der Waals surface area contributed by atoms with E-state index in [2.05, 4.69) is 15.4 Å². The summed E-state index contributed by atoms with van der Waals surface area (Å²) in [7, 11) is 1.73. The Morgan fingerprint density at radius 2 is 2.11 bits per heavy atom. The zero-order valence-corrected chi connectivity index (χ0v) is 13.0. The molecule has 7 nitrogen and oxygen atoms in total. The average Bonchev–Trinajstić information content (AvgIpc) is 2.81. The van der Waals surface area contributed by atoms with Gasteiger partial charge in [0.15, 0.2) is 10.8 Å². The fraction of sp³-hybridized carbons (Fsp3) is 0.600. The van der Waals surface area contributed by atoms with Gasteiger partial charge >= 0.3 is 0 Å². The van der Waals surface area contributed by atoms with Gasteiger partial charge in [-0.2, -0.15) is 5.10 Å². The highest BCUT2D eigenvalue weighted by atomic mass is 32.2. The number of aromatic nitrogens is 3. The lowest BCUT2D eigenvalue weighted by atomic mass is 10.5. The number of thiazole rings is 1. The highest BCUT2D eigenvalue weighted by Gasteiger charge is 2.15. The molecule has 0 spiro atoms. The summed E-state index contributed by atoms with van der Waals surface area (Å²) in [6, 6.07) is 0. The quantitative estimate of drug-likeness (QED) is 0.877. The second-order valence-electron chi connectivity index (χ2n) is 4.41. The van der Waals surface area contributed by atoms with Crippen LogP contribution >= 0.6 is 11.3 Å². The van der Waals surface area contributed by atoms with Crippen molar-refractivity contribution in [1.29, 1.82) is 0 Å². The third kappa shape index (κ3) is 2.88. The molecule has 0 aliphatic heterocycles. The van der Waals surface area contributed by atoms with Gasteiger partial charge in [-0.3, -0.25) is 0 Å². The monoisotopic (exact) mass is 303 g/mol. The third-order valence-corrected chi connectivity index (χ3v) is 5.68. The Kier molecular flexibility index (Phi) is 3.79. The zero-order valence-electron chi connectivity index (χ0n) is 11.3. The van der Waals surface area contributed by atoms with E-state index in [4.69, 9.17) is 0 Å². The number of anilines is 1. The topological polar surface area (TPSA) is 80.1 Å². The van der Waals surface area contributed by atoms with Gasteiger partial charge in [-0.25, -0.2) is 22.4 Å². The van der Waals surface area contributed by atoms with E-state index in [1.807, 2.05) is 14.0 Å². The summed E-state index contributed by atoms with van der Waals surface area (Å²) in [5, 5.41) is 8.04. The smallest absolute Gasteiger partial charge is 0.215 e. The zero-order chi connectivity index (χ0) is 14.2. The van der Waals surface area contributed by atoms with E-state index >= 15 is 0 Å². The van der Waals surface area contributed by atoms with Crippen LogP contribution in [0.25, 0.3) is 10.3 Å². The highest BCUT2D eigenvalue weighted by Crippen LogP contribution is 2.27. The minimum atomic E-state index is -3.17. The van der Waals surface area contributed by atoms with Gasteiger partial charge in [0.25, 0.3) is 0 Å². The Balaban J connectivity index is 2.05. The molecule has 0 amide bonds. The normalized spacial score (nSPS) is 12.5. The summed E-state index contributed by atoms with van der Waals surface area (Å²) in [5.41, 5.74) is 1.75. The van der Waals surface area contributed by atoms with Crippen molar-refractivity contribution in [2.24, 2.45) is 7.05 Å². The van der Waals surface area contributed by atoms with Crippen LogP contribution in [0.4, 0.5) is 5.13 Å². The van der Waals surface area contributed by atoms with Gasteiger partial charge < -0.3 is 5.32 Å². The third-order valence-electron chi connectivity index (χ3n) is 2.74. The molecule has 1 N–H and O–H groups in total. The van der Waals surface area contributed by atoms with Crippen LogP contribution in [0.1, 0.15) is 5.69 Å². The Labute approximate surface area is 116 Å². The van der Waals surface area contributed by atoms with E-state index in [9.17, 15) is 8.42 Å². The summed E-state index contributed by atoms with van der Waals surface area (Å²) in [5.74, 6) is 0.0488. The second kappa shape index (κ2) is 5.06. The lowest BCUT2D eigenvalue weighted by Gasteiger charge is -2.10. The summed E-state index contributed by atoms with van der Waals surface area (Å²) in [4.78, 5) is 4.40. The molecule has 0 aliphatic rings. The van der Waals surface area contributed by atoms with Crippen molar-refractivity contribution in [2.75, 3.05) is 31.7 Å². The minimum absolute atomic E-state index is 0.0488. The first-order valence-electron chi connectivity index (χ1n) is 5.75. The van der Waals surface area contributed by atoms with Gasteiger partial charge in [0.1, 0.15) is 0 Å². The summed E-state index contributed by atoms with van der Waals surface area (Å²) < 4.78 is 27.2. The lowest BCUT2D eigenvalue weighted by molar-refractivity contribution is 0.521. The highest BCUT2D eigenvalue weighted by molar-refractivity contribution is 7.89. The summed E-state index contributed by atoms with van der Waals surface area (Å²) in [6.07, 6.45) is 0. The van der Waals surface area contributed by atoms with Crippen LogP contribution in [0.3, 0.4) is 0 Å². The van der Waals surface area contributed by atoms with Crippen LogP contribution in [-0.2, 0) is 17.1 Å². The van der Waals surface area contributed by atoms with Crippen molar-refractivity contribution >= 4 is 36.8 Å². The number of hydrogen-bond donors (Lipinski definition) is 1. The SMILES string of the molecule is Cc1nn(C)c2nc(NCCS(=O)(=O)N(C)C)sc12. The number of hydrogen-bond acceptors (Lipinski definition) is 6. The molecule has 19 heavy (non-hydrogen) atoms. The fourth-order valence-electron chi connectivity index (χ4n) is 1.63. The molecule has 2 aromatic heterocycles. The number of aryl methyl sites for hydroxylation is 2. The molecule has 0 aromatic carbocycles. The first-order valence-corrected chi connectivity index (χ1v) is 8.18. The van der Waals surface area contributed by atoms with E-state index in [1.54, 1.807) is 4.68 Å². The minimum Gasteiger partial charge on any atom is -0.360 e. The molecule has 0 unspecified atom stereocenters. The van der Waals surface area contributed by atoms with Crippen molar-refractivity contribution in [2.45, 2.75) is 6.92 Å². The molecule has 0 radical (unpaired) electrons. The first-order chi connectivity index (χ1) is 8.81. The van der Waals surface area contributed by atoms with Gasteiger partial charge in [-0.1, -0.05) is 11.3 Å². The van der Waals surface area contributed by atoms with E-state index < -0.39 is 10.0 Å². The van der Waals surface area contributed by atoms with E-state index in [1.165, 1.54) is 29.7 Å². The van der Waals surface area contributed by atoms with Gasteiger partial charge in [0.05, 0.1) is 16.1 Å². The van der Waals surface area contributed by atoms with Crippen LogP contribution in [-0.4, -0.2) is 53.9 Å². The molecule has 0 aliphatic carbocycles. The molecule has 0 atom stereocenters. The maximum absolute atomic E-state index is 11.6. The standard InChI is InChI=1S/C10H17N5O2S2/c1-7-8-9(15(4)13-7)12-10(18-8)11-5-6-19(16,17)14(2)3/h5-6H2,1-4H3,(H,11,12). The largest absolute Gasteiger partial charge is 0.360 e. The molecule has 9 heteroatoms. The number of nitrogens with one attached hydrogen (secondary N) is 1. The fourth-order valence-corrected chi connectivity index (χ4v) is 3.31. The van der Waals surface area contributed by atoms with Gasteiger partial charge in [0, 0.05) is 27.7 Å². The van der Waals surface area contributed by atoms with Crippen molar-refractivity contribution in [3.05, 3.63) is 5.69 Å². The molecule has 0 saturated carbocycles. The first kappa shape index (κ1) is 14.2. The maximum atomic E-state index is 11.6.